The van der Waals surface area contributed by atoms with Gasteiger partial charge in [0.15, 0.2) is 11.4 Å². The van der Waals surface area contributed by atoms with E-state index in [2.05, 4.69) is 22.5 Å². The second-order valence-corrected chi connectivity index (χ2v) is 8.51. The normalized spacial score (nSPS) is 14.9. The number of nitrogens with one attached hydrogen (secondary N) is 1. The monoisotopic (exact) mass is 435 g/mol. The van der Waals surface area contributed by atoms with Gasteiger partial charge in [0.25, 0.3) is 11.3 Å². The highest BCUT2D eigenvalue weighted by molar-refractivity contribution is 5.92. The summed E-state index contributed by atoms with van der Waals surface area (Å²) in [5, 5.41) is 17.1. The molecule has 0 aliphatic heterocycles. The fourth-order valence-electron chi connectivity index (χ4n) is 4.53. The number of hydrogen-bond acceptors (Lipinski definition) is 4. The molecule has 1 aliphatic rings. The highest BCUT2D eigenvalue weighted by Crippen LogP contribution is 2.42. The van der Waals surface area contributed by atoms with Crippen LogP contribution in [-0.4, -0.2) is 20.8 Å². The van der Waals surface area contributed by atoms with Gasteiger partial charge in [-0.15, -0.1) is 0 Å². The van der Waals surface area contributed by atoms with Crippen LogP contribution in [-0.2, 0) is 18.5 Å². The molecule has 0 radical (unpaired) electrons. The number of carbonyl (C=O) groups is 1. The van der Waals surface area contributed by atoms with Gasteiger partial charge < -0.3 is 10.4 Å². The first-order valence-corrected chi connectivity index (χ1v) is 10.8. The molecule has 1 aliphatic carbocycles. The molecule has 0 bridgehead atoms. The lowest BCUT2D eigenvalue weighted by Crippen LogP contribution is -2.34. The first-order chi connectivity index (χ1) is 15.4. The molecule has 6 nitrogen and oxygen atoms in total. The maximum atomic E-state index is 13.5. The number of halogens is 1. The summed E-state index contributed by atoms with van der Waals surface area (Å²) in [5.74, 6) is -1.51. The van der Waals surface area contributed by atoms with Gasteiger partial charge >= 0.3 is 0 Å². The minimum absolute atomic E-state index is 0.116. The molecular weight excluding hydrogens is 409 g/mol. The number of amides is 1. The number of aryl methyl sites for hydroxylation is 1. The molecule has 0 saturated heterocycles. The summed E-state index contributed by atoms with van der Waals surface area (Å²) in [4.78, 5) is 25.1. The Morgan fingerprint density at radius 2 is 1.91 bits per heavy atom. The van der Waals surface area contributed by atoms with Crippen LogP contribution in [0.15, 0.2) is 59.5 Å². The van der Waals surface area contributed by atoms with E-state index in [1.807, 2.05) is 18.2 Å². The molecule has 1 heterocycles. The number of hydrogen-bond donors (Lipinski definition) is 2. The topological polar surface area (TPSA) is 84.2 Å². The Kier molecular flexibility index (Phi) is 6.08. The molecule has 7 heteroatoms. The van der Waals surface area contributed by atoms with E-state index in [9.17, 15) is 19.1 Å². The van der Waals surface area contributed by atoms with Crippen molar-refractivity contribution < 1.29 is 14.3 Å². The fourth-order valence-corrected chi connectivity index (χ4v) is 4.53. The quantitative estimate of drug-likeness (QED) is 0.616. The zero-order valence-electron chi connectivity index (χ0n) is 18.0. The minimum Gasteiger partial charge on any atom is -0.503 e. The maximum absolute atomic E-state index is 13.5. The number of nitrogens with zero attached hydrogens (tertiary/aromatic N) is 2. The molecule has 1 fully saturated rings. The summed E-state index contributed by atoms with van der Waals surface area (Å²) in [6.45, 7) is 2.22. The van der Waals surface area contributed by atoms with Crippen LogP contribution in [0, 0.1) is 12.7 Å². The Bertz CT molecular complexity index is 1180. The van der Waals surface area contributed by atoms with Crippen molar-refractivity contribution in [1.29, 1.82) is 0 Å². The van der Waals surface area contributed by atoms with Gasteiger partial charge in [-0.05, 0) is 42.5 Å². The van der Waals surface area contributed by atoms with E-state index in [4.69, 9.17) is 0 Å². The zero-order chi connectivity index (χ0) is 22.7. The van der Waals surface area contributed by atoms with E-state index >= 15 is 0 Å². The van der Waals surface area contributed by atoms with Crippen LogP contribution in [0.25, 0.3) is 0 Å². The zero-order valence-corrected chi connectivity index (χ0v) is 18.0. The summed E-state index contributed by atoms with van der Waals surface area (Å²) in [7, 11) is 0. The van der Waals surface area contributed by atoms with Gasteiger partial charge in [0, 0.05) is 12.0 Å². The maximum Gasteiger partial charge on any atom is 0.276 e. The van der Waals surface area contributed by atoms with Crippen molar-refractivity contribution >= 4 is 5.91 Å². The second kappa shape index (κ2) is 8.94. The lowest BCUT2D eigenvalue weighted by molar-refractivity contribution is 0.0940. The van der Waals surface area contributed by atoms with Crippen molar-refractivity contribution in [2.75, 3.05) is 0 Å². The highest BCUT2D eigenvalue weighted by Gasteiger charge is 2.36. The van der Waals surface area contributed by atoms with E-state index in [-0.39, 0.29) is 23.5 Å². The first kappa shape index (κ1) is 21.7. The van der Waals surface area contributed by atoms with Crippen molar-refractivity contribution in [2.45, 2.75) is 51.1 Å². The smallest absolute Gasteiger partial charge is 0.276 e. The van der Waals surface area contributed by atoms with Crippen molar-refractivity contribution in [3.05, 3.63) is 93.2 Å². The molecule has 32 heavy (non-hydrogen) atoms. The molecule has 3 aromatic rings. The van der Waals surface area contributed by atoms with Crippen LogP contribution in [0.1, 0.15) is 52.9 Å². The Morgan fingerprint density at radius 1 is 1.19 bits per heavy atom. The number of aromatic hydroxyl groups is 1. The van der Waals surface area contributed by atoms with E-state index in [0.717, 1.165) is 25.7 Å². The average molecular weight is 435 g/mol. The third kappa shape index (κ3) is 4.42. The van der Waals surface area contributed by atoms with Crippen molar-refractivity contribution in [3.63, 3.8) is 0 Å². The molecule has 2 N–H and O–H groups in total. The SMILES string of the molecule is Cc1cc(CNC(=O)c2nn(CC3(c4ccccc4)CCCC3)cc(O)c2=O)ccc1F. The van der Waals surface area contributed by atoms with E-state index in [0.29, 0.717) is 17.7 Å². The standard InChI is InChI=1S/C25H26FN3O3/c1-17-13-18(9-10-20(17)26)14-27-24(32)22-23(31)21(30)15-29(28-22)16-25(11-5-6-12-25)19-7-3-2-4-8-19/h2-4,7-10,13,15,30H,5-6,11-12,14,16H2,1H3,(H,27,32). The highest BCUT2D eigenvalue weighted by atomic mass is 19.1. The van der Waals surface area contributed by atoms with Crippen LogP contribution in [0.4, 0.5) is 4.39 Å². The summed E-state index contributed by atoms with van der Waals surface area (Å²) in [6, 6.07) is 14.7. The van der Waals surface area contributed by atoms with Gasteiger partial charge in [0.2, 0.25) is 0 Å². The molecule has 1 saturated carbocycles. The number of rotatable bonds is 6. The van der Waals surface area contributed by atoms with Gasteiger partial charge in [-0.3, -0.25) is 14.3 Å². The molecular formula is C25H26FN3O3. The van der Waals surface area contributed by atoms with E-state index < -0.39 is 17.1 Å². The molecule has 166 valence electrons. The van der Waals surface area contributed by atoms with E-state index in [1.54, 1.807) is 19.1 Å². The molecule has 0 unspecified atom stereocenters. The lowest BCUT2D eigenvalue weighted by Gasteiger charge is -2.30. The predicted octanol–water partition coefficient (Wildman–Crippen LogP) is 3.84. The molecule has 1 amide bonds. The summed E-state index contributed by atoms with van der Waals surface area (Å²) in [6.07, 6.45) is 5.41. The largest absolute Gasteiger partial charge is 0.503 e. The number of carbonyl (C=O) groups excluding carboxylic acids is 1. The van der Waals surface area contributed by atoms with Crippen LogP contribution < -0.4 is 10.7 Å². The second-order valence-electron chi connectivity index (χ2n) is 8.51. The predicted molar refractivity (Wildman–Crippen MR) is 119 cm³/mol. The third-order valence-electron chi connectivity index (χ3n) is 6.25. The number of aromatic nitrogens is 2. The van der Waals surface area contributed by atoms with Gasteiger partial charge in [-0.2, -0.15) is 5.10 Å². The fraction of sp³-hybridized carbons (Fsp3) is 0.320. The molecule has 2 aromatic carbocycles. The molecule has 4 rings (SSSR count). The number of benzene rings is 2. The summed E-state index contributed by atoms with van der Waals surface area (Å²) < 4.78 is 15.0. The van der Waals surface area contributed by atoms with Crippen molar-refractivity contribution in [2.24, 2.45) is 0 Å². The van der Waals surface area contributed by atoms with Gasteiger partial charge in [-0.1, -0.05) is 55.3 Å². The minimum atomic E-state index is -0.811. The summed E-state index contributed by atoms with van der Waals surface area (Å²) in [5.41, 5.74) is 1.04. The summed E-state index contributed by atoms with van der Waals surface area (Å²) >= 11 is 0. The van der Waals surface area contributed by atoms with E-state index in [1.165, 1.54) is 22.5 Å². The van der Waals surface area contributed by atoms with Gasteiger partial charge in [0.1, 0.15) is 5.82 Å². The van der Waals surface area contributed by atoms with Crippen molar-refractivity contribution in [1.82, 2.24) is 15.1 Å². The average Bonchev–Trinajstić information content (AvgIpc) is 3.27. The van der Waals surface area contributed by atoms with Gasteiger partial charge in [0.05, 0.1) is 12.7 Å². The molecule has 0 atom stereocenters. The Balaban J connectivity index is 1.58. The van der Waals surface area contributed by atoms with Crippen molar-refractivity contribution in [3.8, 4) is 5.75 Å². The Morgan fingerprint density at radius 3 is 2.59 bits per heavy atom. The van der Waals surface area contributed by atoms with Crippen LogP contribution >= 0.6 is 0 Å². The third-order valence-corrected chi connectivity index (χ3v) is 6.25. The van der Waals surface area contributed by atoms with Crippen LogP contribution in [0.3, 0.4) is 0 Å². The first-order valence-electron chi connectivity index (χ1n) is 10.8. The molecule has 0 spiro atoms. The Labute approximate surface area is 185 Å². The van der Waals surface area contributed by atoms with Crippen LogP contribution in [0.5, 0.6) is 5.75 Å². The van der Waals surface area contributed by atoms with Crippen LogP contribution in [0.2, 0.25) is 0 Å². The van der Waals surface area contributed by atoms with Gasteiger partial charge in [-0.25, -0.2) is 4.39 Å². The Hall–Kier alpha value is -3.48. The molecule has 1 aromatic heterocycles. The lowest BCUT2D eigenvalue weighted by atomic mass is 9.79.